The summed E-state index contributed by atoms with van der Waals surface area (Å²) in [6.45, 7) is 10.4. The number of halogens is 1. The summed E-state index contributed by atoms with van der Waals surface area (Å²) in [6.07, 6.45) is 2.06. The molecule has 1 rings (SSSR count). The van der Waals surface area contributed by atoms with Crippen molar-refractivity contribution in [2.24, 2.45) is 11.1 Å². The molecule has 144 valence electrons. The van der Waals surface area contributed by atoms with Gasteiger partial charge >= 0.3 is 0 Å². The van der Waals surface area contributed by atoms with Gasteiger partial charge in [0.05, 0.1) is 13.2 Å². The van der Waals surface area contributed by atoms with E-state index in [4.69, 9.17) is 15.2 Å². The van der Waals surface area contributed by atoms with Crippen molar-refractivity contribution in [2.45, 2.75) is 40.5 Å². The van der Waals surface area contributed by atoms with Crippen LogP contribution in [-0.2, 0) is 0 Å². The number of nitrogens with two attached hydrogens (primary N) is 1. The maximum Gasteiger partial charge on any atom is 0.253 e. The maximum absolute atomic E-state index is 12.7. The Hall–Kier alpha value is -1.46. The molecular formula is C19H33ClN2O3. The van der Waals surface area contributed by atoms with Crippen LogP contribution in [0, 0.1) is 5.41 Å². The molecule has 0 aromatic heterocycles. The zero-order valence-electron chi connectivity index (χ0n) is 16.1. The lowest BCUT2D eigenvalue weighted by molar-refractivity contribution is 0.0740. The second kappa shape index (κ2) is 11.2. The van der Waals surface area contributed by atoms with Gasteiger partial charge in [-0.1, -0.05) is 27.2 Å². The van der Waals surface area contributed by atoms with Gasteiger partial charge in [-0.25, -0.2) is 0 Å². The lowest BCUT2D eigenvalue weighted by Crippen LogP contribution is -2.39. The van der Waals surface area contributed by atoms with Gasteiger partial charge < -0.3 is 20.1 Å². The van der Waals surface area contributed by atoms with Crippen molar-refractivity contribution in [3.05, 3.63) is 23.8 Å². The molecule has 0 spiro atoms. The summed E-state index contributed by atoms with van der Waals surface area (Å²) in [5, 5.41) is 0. The van der Waals surface area contributed by atoms with Gasteiger partial charge in [-0.05, 0) is 43.5 Å². The number of ether oxygens (including phenoxy) is 2. The van der Waals surface area contributed by atoms with Crippen LogP contribution in [0.1, 0.15) is 50.9 Å². The fraction of sp³-hybridized carbons (Fsp3) is 0.632. The Morgan fingerprint density at radius 2 is 1.88 bits per heavy atom. The molecule has 0 saturated heterocycles. The summed E-state index contributed by atoms with van der Waals surface area (Å²) in [6, 6.07) is 5.37. The first-order valence-corrected chi connectivity index (χ1v) is 8.69. The summed E-state index contributed by atoms with van der Waals surface area (Å²) < 4.78 is 11.4. The number of carbonyl (C=O) groups excluding carboxylic acids is 1. The van der Waals surface area contributed by atoms with Gasteiger partial charge in [0, 0.05) is 19.2 Å². The highest BCUT2D eigenvalue weighted by Gasteiger charge is 2.22. The number of amides is 1. The Kier molecular flexibility index (Phi) is 10.6. The molecule has 6 heteroatoms. The molecule has 0 heterocycles. The normalized spacial score (nSPS) is 10.8. The summed E-state index contributed by atoms with van der Waals surface area (Å²) in [4.78, 5) is 14.4. The minimum Gasteiger partial charge on any atom is -0.490 e. The maximum atomic E-state index is 12.7. The van der Waals surface area contributed by atoms with Crippen molar-refractivity contribution in [3.63, 3.8) is 0 Å². The number of carbonyl (C=O) groups is 1. The summed E-state index contributed by atoms with van der Waals surface area (Å²) in [5.74, 6) is 1.26. The molecule has 0 bridgehead atoms. The van der Waals surface area contributed by atoms with Gasteiger partial charge in [0.15, 0.2) is 11.5 Å². The largest absolute Gasteiger partial charge is 0.490 e. The predicted molar refractivity (Wildman–Crippen MR) is 105 cm³/mol. The van der Waals surface area contributed by atoms with Crippen molar-refractivity contribution in [1.82, 2.24) is 4.90 Å². The minimum absolute atomic E-state index is 0. The molecular weight excluding hydrogens is 340 g/mol. The third kappa shape index (κ3) is 7.53. The van der Waals surface area contributed by atoms with E-state index in [1.54, 1.807) is 24.1 Å². The second-order valence-corrected chi connectivity index (χ2v) is 6.83. The topological polar surface area (TPSA) is 64.8 Å². The molecule has 0 atom stereocenters. The smallest absolute Gasteiger partial charge is 0.253 e. The molecule has 1 amide bonds. The molecule has 2 N–H and O–H groups in total. The third-order valence-electron chi connectivity index (χ3n) is 3.81. The van der Waals surface area contributed by atoms with E-state index < -0.39 is 0 Å². The van der Waals surface area contributed by atoms with Crippen LogP contribution in [0.4, 0.5) is 0 Å². The van der Waals surface area contributed by atoms with E-state index in [9.17, 15) is 4.79 Å². The highest BCUT2D eigenvalue weighted by molar-refractivity contribution is 5.94. The molecule has 0 aliphatic rings. The highest BCUT2D eigenvalue weighted by atomic mass is 35.5. The van der Waals surface area contributed by atoms with Crippen molar-refractivity contribution in [3.8, 4) is 11.5 Å². The van der Waals surface area contributed by atoms with E-state index >= 15 is 0 Å². The SMILES string of the molecule is CCCCOc1ccc(C(=O)N(C)CC(C)(C)CN)cc1OCC.Cl. The molecule has 25 heavy (non-hydrogen) atoms. The number of benzene rings is 1. The Morgan fingerprint density at radius 3 is 2.44 bits per heavy atom. The first kappa shape index (κ1) is 23.5. The molecule has 0 fully saturated rings. The molecule has 0 aliphatic carbocycles. The summed E-state index contributed by atoms with van der Waals surface area (Å²) >= 11 is 0. The fourth-order valence-corrected chi connectivity index (χ4v) is 2.35. The van der Waals surface area contributed by atoms with Crippen LogP contribution < -0.4 is 15.2 Å². The Labute approximate surface area is 158 Å². The van der Waals surface area contributed by atoms with Crippen LogP contribution in [0.25, 0.3) is 0 Å². The van der Waals surface area contributed by atoms with Gasteiger partial charge in [0.1, 0.15) is 0 Å². The van der Waals surface area contributed by atoms with Crippen molar-refractivity contribution in [1.29, 1.82) is 0 Å². The minimum atomic E-state index is -0.115. The lowest BCUT2D eigenvalue weighted by Gasteiger charge is -2.29. The van der Waals surface area contributed by atoms with E-state index in [0.29, 0.717) is 43.4 Å². The van der Waals surface area contributed by atoms with Crippen LogP contribution in [0.15, 0.2) is 18.2 Å². The first-order chi connectivity index (χ1) is 11.3. The van der Waals surface area contributed by atoms with Crippen molar-refractivity contribution in [2.75, 3.05) is 33.4 Å². The number of hydrogen-bond donors (Lipinski definition) is 1. The first-order valence-electron chi connectivity index (χ1n) is 8.69. The average Bonchev–Trinajstić information content (AvgIpc) is 2.55. The zero-order chi connectivity index (χ0) is 18.2. The van der Waals surface area contributed by atoms with E-state index in [2.05, 4.69) is 6.92 Å². The molecule has 1 aromatic carbocycles. The predicted octanol–water partition coefficient (Wildman–Crippen LogP) is 3.74. The van der Waals surface area contributed by atoms with E-state index in [1.807, 2.05) is 26.8 Å². The van der Waals surface area contributed by atoms with E-state index in [0.717, 1.165) is 12.8 Å². The molecule has 1 aromatic rings. The average molecular weight is 373 g/mol. The fourth-order valence-electron chi connectivity index (χ4n) is 2.35. The van der Waals surface area contributed by atoms with Gasteiger partial charge in [-0.2, -0.15) is 0 Å². The molecule has 5 nitrogen and oxygen atoms in total. The second-order valence-electron chi connectivity index (χ2n) is 6.83. The number of rotatable bonds is 10. The highest BCUT2D eigenvalue weighted by Crippen LogP contribution is 2.29. The quantitative estimate of drug-likeness (QED) is 0.635. The summed E-state index contributed by atoms with van der Waals surface area (Å²) in [5.41, 5.74) is 6.24. The van der Waals surface area contributed by atoms with E-state index in [-0.39, 0.29) is 23.7 Å². The van der Waals surface area contributed by atoms with Crippen molar-refractivity contribution < 1.29 is 14.3 Å². The van der Waals surface area contributed by atoms with Gasteiger partial charge in [-0.3, -0.25) is 4.79 Å². The van der Waals surface area contributed by atoms with Gasteiger partial charge in [-0.15, -0.1) is 12.4 Å². The summed E-state index contributed by atoms with van der Waals surface area (Å²) in [7, 11) is 1.80. The number of hydrogen-bond acceptors (Lipinski definition) is 4. The van der Waals surface area contributed by atoms with E-state index in [1.165, 1.54) is 0 Å². The van der Waals surface area contributed by atoms with Crippen LogP contribution in [0.5, 0.6) is 11.5 Å². The zero-order valence-corrected chi connectivity index (χ0v) is 16.9. The van der Waals surface area contributed by atoms with Crippen molar-refractivity contribution >= 4 is 18.3 Å². The van der Waals surface area contributed by atoms with Gasteiger partial charge in [0.2, 0.25) is 0 Å². The molecule has 0 unspecified atom stereocenters. The molecule has 0 aliphatic heterocycles. The monoisotopic (exact) mass is 372 g/mol. The molecule has 0 radical (unpaired) electrons. The Balaban J connectivity index is 0.00000576. The third-order valence-corrected chi connectivity index (χ3v) is 3.81. The van der Waals surface area contributed by atoms with Crippen LogP contribution in [-0.4, -0.2) is 44.2 Å². The molecule has 0 saturated carbocycles. The Bertz CT molecular complexity index is 535. The standard InChI is InChI=1S/C19H32N2O3.ClH/c1-6-8-11-24-16-10-9-15(12-17(16)23-7-2)18(22)21(5)14-19(3,4)13-20;/h9-10,12H,6-8,11,13-14,20H2,1-5H3;1H. The van der Waals surface area contributed by atoms with Crippen LogP contribution in [0.3, 0.4) is 0 Å². The van der Waals surface area contributed by atoms with Gasteiger partial charge in [0.25, 0.3) is 5.91 Å². The van der Waals surface area contributed by atoms with Crippen LogP contribution in [0.2, 0.25) is 0 Å². The Morgan fingerprint density at radius 1 is 1.20 bits per heavy atom. The van der Waals surface area contributed by atoms with Crippen LogP contribution >= 0.6 is 12.4 Å². The number of unbranched alkanes of at least 4 members (excludes halogenated alkanes) is 1. The lowest BCUT2D eigenvalue weighted by atomic mass is 9.93. The number of nitrogens with zero attached hydrogens (tertiary/aromatic N) is 1.